The van der Waals surface area contributed by atoms with Crippen molar-refractivity contribution < 1.29 is 9.72 Å². The van der Waals surface area contributed by atoms with Gasteiger partial charge in [-0.25, -0.2) is 4.98 Å². The van der Waals surface area contributed by atoms with Gasteiger partial charge in [0.1, 0.15) is 12.2 Å². The summed E-state index contributed by atoms with van der Waals surface area (Å²) in [4.78, 5) is 26.1. The molecule has 0 aliphatic carbocycles. The lowest BCUT2D eigenvalue weighted by Crippen LogP contribution is -2.26. The fraction of sp³-hybridized carbons (Fsp3) is 0.250. The number of benzene rings is 1. The fourth-order valence-electron chi connectivity index (χ4n) is 1.70. The van der Waals surface area contributed by atoms with Crippen molar-refractivity contribution in [3.05, 3.63) is 51.6 Å². The van der Waals surface area contributed by atoms with E-state index in [0.717, 1.165) is 0 Å². The summed E-state index contributed by atoms with van der Waals surface area (Å²) in [7, 11) is 0. The van der Waals surface area contributed by atoms with E-state index in [9.17, 15) is 14.9 Å². The largest absolute Gasteiger partial charge is 0.352 e. The number of aromatic amines is 1. The van der Waals surface area contributed by atoms with Crippen LogP contribution in [0.3, 0.4) is 0 Å². The Morgan fingerprint density at radius 2 is 2.30 bits per heavy atom. The minimum Gasteiger partial charge on any atom is -0.352 e. The van der Waals surface area contributed by atoms with E-state index in [1.807, 2.05) is 0 Å². The predicted molar refractivity (Wildman–Crippen MR) is 70.3 cm³/mol. The highest BCUT2D eigenvalue weighted by Gasteiger charge is 2.14. The van der Waals surface area contributed by atoms with E-state index in [1.165, 1.54) is 12.4 Å². The summed E-state index contributed by atoms with van der Waals surface area (Å²) < 4.78 is 0. The number of rotatable bonds is 5. The van der Waals surface area contributed by atoms with Crippen molar-refractivity contribution in [2.75, 3.05) is 6.54 Å². The molecule has 0 atom stereocenters. The molecule has 0 aliphatic heterocycles. The van der Waals surface area contributed by atoms with E-state index < -0.39 is 4.92 Å². The first kappa shape index (κ1) is 13.7. The second kappa shape index (κ2) is 5.91. The highest BCUT2D eigenvalue weighted by Crippen LogP contribution is 2.19. The Morgan fingerprint density at radius 1 is 1.50 bits per heavy atom. The van der Waals surface area contributed by atoms with Gasteiger partial charge in [-0.15, -0.1) is 0 Å². The van der Waals surface area contributed by atoms with E-state index in [4.69, 9.17) is 0 Å². The fourth-order valence-corrected chi connectivity index (χ4v) is 1.70. The number of aryl methyl sites for hydroxylation is 1. The Kier molecular flexibility index (Phi) is 4.04. The summed E-state index contributed by atoms with van der Waals surface area (Å²) in [5, 5.41) is 19.9. The third-order valence-electron chi connectivity index (χ3n) is 2.78. The van der Waals surface area contributed by atoms with Gasteiger partial charge in [0.25, 0.3) is 11.6 Å². The Hall–Kier alpha value is -2.77. The van der Waals surface area contributed by atoms with Crippen LogP contribution in [0.25, 0.3) is 0 Å². The molecule has 0 radical (unpaired) electrons. The van der Waals surface area contributed by atoms with Gasteiger partial charge in [-0.3, -0.25) is 20.0 Å². The SMILES string of the molecule is Cc1ccc(C(=O)NCCc2ncn[nH]2)cc1[N+](=O)[O-]. The molecule has 2 rings (SSSR count). The zero-order chi connectivity index (χ0) is 14.5. The van der Waals surface area contributed by atoms with Crippen LogP contribution >= 0.6 is 0 Å². The van der Waals surface area contributed by atoms with Gasteiger partial charge in [0, 0.05) is 30.2 Å². The van der Waals surface area contributed by atoms with E-state index >= 15 is 0 Å². The van der Waals surface area contributed by atoms with Crippen molar-refractivity contribution in [2.45, 2.75) is 13.3 Å². The third-order valence-corrected chi connectivity index (χ3v) is 2.78. The molecular weight excluding hydrogens is 262 g/mol. The van der Waals surface area contributed by atoms with Crippen LogP contribution in [0.2, 0.25) is 0 Å². The first-order valence-corrected chi connectivity index (χ1v) is 5.95. The van der Waals surface area contributed by atoms with Gasteiger partial charge in [0.05, 0.1) is 4.92 Å². The van der Waals surface area contributed by atoms with Crippen LogP contribution < -0.4 is 5.32 Å². The van der Waals surface area contributed by atoms with Gasteiger partial charge in [0.15, 0.2) is 0 Å². The second-order valence-corrected chi connectivity index (χ2v) is 4.20. The topological polar surface area (TPSA) is 114 Å². The maximum absolute atomic E-state index is 11.9. The number of hydrogen-bond donors (Lipinski definition) is 2. The first-order valence-electron chi connectivity index (χ1n) is 5.95. The van der Waals surface area contributed by atoms with Gasteiger partial charge in [-0.2, -0.15) is 5.10 Å². The Labute approximate surface area is 114 Å². The van der Waals surface area contributed by atoms with Crippen LogP contribution in [0.5, 0.6) is 0 Å². The summed E-state index contributed by atoms with van der Waals surface area (Å²) in [6.45, 7) is 2.00. The van der Waals surface area contributed by atoms with Crippen LogP contribution in [0, 0.1) is 17.0 Å². The molecule has 0 bridgehead atoms. The van der Waals surface area contributed by atoms with Crippen molar-refractivity contribution in [3.8, 4) is 0 Å². The molecule has 0 fully saturated rings. The lowest BCUT2D eigenvalue weighted by Gasteiger charge is -2.05. The lowest BCUT2D eigenvalue weighted by atomic mass is 10.1. The zero-order valence-corrected chi connectivity index (χ0v) is 10.8. The Morgan fingerprint density at radius 3 is 2.95 bits per heavy atom. The zero-order valence-electron chi connectivity index (χ0n) is 10.8. The van der Waals surface area contributed by atoms with Crippen LogP contribution in [-0.4, -0.2) is 32.6 Å². The highest BCUT2D eigenvalue weighted by molar-refractivity contribution is 5.94. The summed E-state index contributed by atoms with van der Waals surface area (Å²) >= 11 is 0. The molecule has 0 aliphatic rings. The third kappa shape index (κ3) is 3.16. The van der Waals surface area contributed by atoms with Crippen molar-refractivity contribution in [1.82, 2.24) is 20.5 Å². The van der Waals surface area contributed by atoms with Gasteiger partial charge in [-0.1, -0.05) is 6.07 Å². The molecule has 2 N–H and O–H groups in total. The number of nitrogens with zero attached hydrogens (tertiary/aromatic N) is 3. The average Bonchev–Trinajstić information content (AvgIpc) is 2.92. The molecule has 8 heteroatoms. The van der Waals surface area contributed by atoms with Crippen molar-refractivity contribution in [1.29, 1.82) is 0 Å². The van der Waals surface area contributed by atoms with Gasteiger partial charge < -0.3 is 5.32 Å². The molecule has 1 aromatic carbocycles. The van der Waals surface area contributed by atoms with Crippen LogP contribution in [-0.2, 0) is 6.42 Å². The van der Waals surface area contributed by atoms with Gasteiger partial charge in [0.2, 0.25) is 0 Å². The van der Waals surface area contributed by atoms with Gasteiger partial charge >= 0.3 is 0 Å². The number of nitro benzene ring substituents is 1. The molecule has 0 saturated heterocycles. The summed E-state index contributed by atoms with van der Waals surface area (Å²) in [5.41, 5.74) is 0.723. The smallest absolute Gasteiger partial charge is 0.273 e. The molecule has 1 amide bonds. The summed E-state index contributed by atoms with van der Waals surface area (Å²) in [5.74, 6) is 0.313. The Balaban J connectivity index is 1.98. The lowest BCUT2D eigenvalue weighted by molar-refractivity contribution is -0.385. The van der Waals surface area contributed by atoms with E-state index in [2.05, 4.69) is 20.5 Å². The monoisotopic (exact) mass is 275 g/mol. The molecule has 2 aromatic rings. The molecule has 20 heavy (non-hydrogen) atoms. The molecular formula is C12H13N5O3. The normalized spacial score (nSPS) is 10.2. The maximum Gasteiger partial charge on any atom is 0.273 e. The predicted octanol–water partition coefficient (Wildman–Crippen LogP) is 0.994. The number of amides is 1. The van der Waals surface area contributed by atoms with Crippen LogP contribution in [0.4, 0.5) is 5.69 Å². The summed E-state index contributed by atoms with van der Waals surface area (Å²) in [6.07, 6.45) is 1.90. The average molecular weight is 275 g/mol. The second-order valence-electron chi connectivity index (χ2n) is 4.20. The number of nitro groups is 1. The van der Waals surface area contributed by atoms with Crippen LogP contribution in [0.1, 0.15) is 21.7 Å². The highest BCUT2D eigenvalue weighted by atomic mass is 16.6. The number of carbonyl (C=O) groups is 1. The molecule has 104 valence electrons. The first-order chi connectivity index (χ1) is 9.58. The van der Waals surface area contributed by atoms with Crippen molar-refractivity contribution in [3.63, 3.8) is 0 Å². The molecule has 8 nitrogen and oxygen atoms in total. The molecule has 0 spiro atoms. The number of carbonyl (C=O) groups excluding carboxylic acids is 1. The van der Waals surface area contributed by atoms with Crippen LogP contribution in [0.15, 0.2) is 24.5 Å². The molecule has 0 saturated carbocycles. The quantitative estimate of drug-likeness (QED) is 0.624. The Bertz CT molecular complexity index is 624. The van der Waals surface area contributed by atoms with Crippen molar-refractivity contribution >= 4 is 11.6 Å². The summed E-state index contributed by atoms with van der Waals surface area (Å²) in [6, 6.07) is 4.40. The van der Waals surface area contributed by atoms with Crippen molar-refractivity contribution in [2.24, 2.45) is 0 Å². The number of hydrogen-bond acceptors (Lipinski definition) is 5. The number of H-pyrrole nitrogens is 1. The van der Waals surface area contributed by atoms with E-state index in [0.29, 0.717) is 24.4 Å². The minimum absolute atomic E-state index is 0.0621. The number of nitrogens with one attached hydrogen (secondary N) is 2. The maximum atomic E-state index is 11.9. The van der Waals surface area contributed by atoms with E-state index in [1.54, 1.807) is 19.1 Å². The number of aromatic nitrogens is 3. The van der Waals surface area contributed by atoms with Gasteiger partial charge in [-0.05, 0) is 13.0 Å². The molecule has 0 unspecified atom stereocenters. The van der Waals surface area contributed by atoms with E-state index in [-0.39, 0.29) is 17.2 Å². The molecule has 1 heterocycles. The standard InChI is InChI=1S/C12H13N5O3/c1-8-2-3-9(6-10(8)17(19)20)12(18)13-5-4-11-14-7-15-16-11/h2-3,6-7H,4-5H2,1H3,(H,13,18)(H,14,15,16). The molecule has 1 aromatic heterocycles. The minimum atomic E-state index is -0.499.